The molecular weight excluding hydrogens is 629 g/mol. The summed E-state index contributed by atoms with van der Waals surface area (Å²) >= 11 is 1.63. The Morgan fingerprint density at radius 2 is 1.32 bits per heavy atom. The third-order valence-corrected chi connectivity index (χ3v) is 9.69. The Morgan fingerprint density at radius 3 is 1.84 bits per heavy atom. The van der Waals surface area contributed by atoms with Gasteiger partial charge in [-0.05, 0) is 20.8 Å². The average Bonchev–Trinajstić information content (AvgIpc) is 2.86. The summed E-state index contributed by atoms with van der Waals surface area (Å²) in [6.45, 7) is 1.71. The lowest BCUT2D eigenvalue weighted by molar-refractivity contribution is -0.388. The minimum Gasteiger partial charge on any atom is -0.394 e. The molecule has 0 aromatic rings. The molecule has 14 N–H and O–H groups in total. The van der Waals surface area contributed by atoms with Gasteiger partial charge in [-0.3, -0.25) is 0 Å². The lowest BCUT2D eigenvalue weighted by Crippen LogP contribution is -2.83. The molecule has 3 aliphatic heterocycles. The molecule has 2 unspecified atom stereocenters. The summed E-state index contributed by atoms with van der Waals surface area (Å²) in [5, 5.41) is 83.3. The predicted octanol–water partition coefficient (Wildman–Crippen LogP) is -5.74. The summed E-state index contributed by atoms with van der Waals surface area (Å²) in [6.07, 6.45) is -13.0. The van der Waals surface area contributed by atoms with Crippen LogP contribution in [0.3, 0.4) is 0 Å². The lowest BCUT2D eigenvalue weighted by Gasteiger charge is -2.61. The Kier molecular flexibility index (Phi) is 9.78. The molecule has 3 rings (SSSR count). The van der Waals surface area contributed by atoms with E-state index in [-0.39, 0.29) is 0 Å². The zero-order valence-electron chi connectivity index (χ0n) is 21.2. The second-order valence-electron chi connectivity index (χ2n) is 10.6. The monoisotopic (exact) mass is 669 g/mol. The maximum absolute atomic E-state index is 11.2. The van der Waals surface area contributed by atoms with E-state index < -0.39 is 108 Å². The van der Waals surface area contributed by atoms with E-state index in [1.54, 1.807) is 22.6 Å². The van der Waals surface area contributed by atoms with E-state index in [0.29, 0.717) is 0 Å². The Bertz CT molecular complexity index is 821. The summed E-state index contributed by atoms with van der Waals surface area (Å²) < 4.78 is 26.5. The van der Waals surface area contributed by atoms with Crippen LogP contribution < -0.4 is 17.2 Å². The van der Waals surface area contributed by atoms with Crippen LogP contribution in [0.25, 0.3) is 0 Å². The van der Waals surface area contributed by atoms with Gasteiger partial charge in [0, 0.05) is 0 Å². The Morgan fingerprint density at radius 1 is 0.816 bits per heavy atom. The van der Waals surface area contributed by atoms with Crippen molar-refractivity contribution in [2.24, 2.45) is 17.2 Å². The highest BCUT2D eigenvalue weighted by Gasteiger charge is 2.71. The van der Waals surface area contributed by atoms with Crippen LogP contribution in [0.2, 0.25) is 0 Å². The first-order chi connectivity index (χ1) is 17.4. The van der Waals surface area contributed by atoms with Crippen LogP contribution in [0, 0.1) is 0 Å². The molecule has 38 heavy (non-hydrogen) atoms. The van der Waals surface area contributed by atoms with E-state index in [0.717, 1.165) is 0 Å². The van der Waals surface area contributed by atoms with Crippen LogP contribution in [0.15, 0.2) is 0 Å². The normalized spacial score (nSPS) is 56.1. The highest BCUT2D eigenvalue weighted by Crippen LogP contribution is 2.51. The van der Waals surface area contributed by atoms with Gasteiger partial charge < -0.3 is 81.7 Å². The van der Waals surface area contributed by atoms with Gasteiger partial charge in [0.1, 0.15) is 53.4 Å². The molecule has 3 heterocycles. The number of halogens is 1. The first-order valence-electron chi connectivity index (χ1n) is 12.0. The summed E-state index contributed by atoms with van der Waals surface area (Å²) in [7, 11) is 0. The smallest absolute Gasteiger partial charge is 0.189 e. The van der Waals surface area contributed by atoms with Crippen molar-refractivity contribution in [3.63, 3.8) is 0 Å². The maximum Gasteiger partial charge on any atom is 0.189 e. The van der Waals surface area contributed by atoms with E-state index in [1.165, 1.54) is 20.8 Å². The lowest BCUT2D eigenvalue weighted by atomic mass is 9.68. The largest absolute Gasteiger partial charge is 0.394 e. The number of ether oxygens (including phenoxy) is 5. The molecule has 3 saturated heterocycles. The minimum absolute atomic E-state index is 0.661. The van der Waals surface area contributed by atoms with Gasteiger partial charge in [-0.2, -0.15) is 0 Å². The van der Waals surface area contributed by atoms with Crippen LogP contribution >= 0.6 is 22.6 Å². The van der Waals surface area contributed by atoms with E-state index in [9.17, 15) is 40.9 Å². The van der Waals surface area contributed by atoms with Crippen molar-refractivity contribution in [1.82, 2.24) is 0 Å². The molecule has 0 radical (unpaired) electrons. The summed E-state index contributed by atoms with van der Waals surface area (Å²) in [6, 6.07) is -2.65. The molecule has 0 aliphatic carbocycles. The number of hydrogen-bond acceptors (Lipinski definition) is 16. The summed E-state index contributed by atoms with van der Waals surface area (Å²) in [4.78, 5) is 0. The van der Waals surface area contributed by atoms with Crippen molar-refractivity contribution in [2.75, 3.05) is 19.8 Å². The number of alkyl halides is 1. The number of hydrogen-bond donors (Lipinski definition) is 11. The van der Waals surface area contributed by atoms with Crippen LogP contribution in [-0.4, -0.2) is 149 Å². The molecule has 0 aromatic heterocycles. The van der Waals surface area contributed by atoms with Crippen LogP contribution in [0.4, 0.5) is 0 Å². The number of rotatable bonds is 7. The van der Waals surface area contributed by atoms with Gasteiger partial charge in [0.25, 0.3) is 0 Å². The summed E-state index contributed by atoms with van der Waals surface area (Å²) in [5.74, 6) is 0. The molecule has 3 aliphatic rings. The molecule has 0 spiro atoms. The first kappa shape index (κ1) is 32.6. The van der Waals surface area contributed by atoms with E-state index in [4.69, 9.17) is 40.9 Å². The van der Waals surface area contributed by atoms with Crippen LogP contribution in [0.5, 0.6) is 0 Å². The SMILES string of the molecule is C[C@]1(O)[C@@](C)(O)[C@@](N)(I)[C@@H](OC2[C@@H](CO)O[C@@H](OC3[C@@H](CO)O[C@@H](O)[C@H](N)[C@H]3O)[C@H](N)[C@H]2O)O[C@]1(C)CO. The van der Waals surface area contributed by atoms with Gasteiger partial charge in [-0.1, -0.05) is 22.6 Å². The molecule has 15 atom stereocenters. The third kappa shape index (κ3) is 5.13. The van der Waals surface area contributed by atoms with Crippen molar-refractivity contribution in [3.8, 4) is 0 Å². The fourth-order valence-corrected chi connectivity index (χ4v) is 5.62. The van der Waals surface area contributed by atoms with E-state index in [2.05, 4.69) is 0 Å². The van der Waals surface area contributed by atoms with Gasteiger partial charge >= 0.3 is 0 Å². The second-order valence-corrected chi connectivity index (χ2v) is 12.3. The Labute approximate surface area is 232 Å². The van der Waals surface area contributed by atoms with Gasteiger partial charge in [-0.25, -0.2) is 0 Å². The van der Waals surface area contributed by atoms with Crippen molar-refractivity contribution >= 4 is 22.6 Å². The van der Waals surface area contributed by atoms with Crippen molar-refractivity contribution < 1.29 is 64.5 Å². The highest BCUT2D eigenvalue weighted by molar-refractivity contribution is 14.1. The molecule has 0 amide bonds. The highest BCUT2D eigenvalue weighted by atomic mass is 127. The van der Waals surface area contributed by atoms with Crippen LogP contribution in [-0.2, 0) is 23.7 Å². The second kappa shape index (κ2) is 11.4. The van der Waals surface area contributed by atoms with E-state index >= 15 is 0 Å². The fraction of sp³-hybridized carbons (Fsp3) is 1.00. The Balaban J connectivity index is 1.83. The minimum atomic E-state index is -2.11. The molecule has 3 fully saturated rings. The quantitative estimate of drug-likeness (QED) is 0.0684. The third-order valence-electron chi connectivity index (χ3n) is 8.13. The summed E-state index contributed by atoms with van der Waals surface area (Å²) in [5.41, 5.74) is 12.3. The predicted molar refractivity (Wildman–Crippen MR) is 134 cm³/mol. The van der Waals surface area contributed by atoms with Gasteiger partial charge in [0.05, 0.1) is 31.9 Å². The molecular formula is C21H40IN3O13. The zero-order chi connectivity index (χ0) is 29.0. The number of nitrogens with two attached hydrogens (primary N) is 3. The molecule has 0 saturated carbocycles. The van der Waals surface area contributed by atoms with E-state index in [1.807, 2.05) is 0 Å². The van der Waals surface area contributed by atoms with Crippen LogP contribution in [0.1, 0.15) is 20.8 Å². The topological polar surface area (TPSA) is 286 Å². The molecule has 17 heteroatoms. The van der Waals surface area contributed by atoms with Crippen molar-refractivity contribution in [3.05, 3.63) is 0 Å². The molecule has 224 valence electrons. The molecule has 16 nitrogen and oxygen atoms in total. The molecule has 0 bridgehead atoms. The van der Waals surface area contributed by atoms with Gasteiger partial charge in [0.15, 0.2) is 22.4 Å². The zero-order valence-corrected chi connectivity index (χ0v) is 23.4. The number of aliphatic hydroxyl groups excluding tert-OH is 6. The van der Waals surface area contributed by atoms with Crippen molar-refractivity contribution in [1.29, 1.82) is 0 Å². The standard InChI is InChI=1S/C21H40IN3O13/c1-18(6-28)19(2,32)20(3,33)21(22,25)17(38-18)37-14-8(5-27)35-16(10(24)12(14)30)36-13-7(4-26)34-15(31)9(23)11(13)29/h7-17,26-33H,4-6,23-25H2,1-3H3/t7-,8-,9-,10-,11-,12-,13?,14?,15-,16+,17+,18-,19-,20-,21-/m1/s1. The first-order valence-corrected chi connectivity index (χ1v) is 13.1. The van der Waals surface area contributed by atoms with Gasteiger partial charge in [-0.15, -0.1) is 0 Å². The fourth-order valence-electron chi connectivity index (χ4n) is 4.82. The molecule has 0 aromatic carbocycles. The average molecular weight is 669 g/mol. The maximum atomic E-state index is 11.2. The Hall–Kier alpha value is 0.0900. The van der Waals surface area contributed by atoms with Crippen molar-refractivity contribution in [2.45, 2.75) is 109 Å². The van der Waals surface area contributed by atoms with Gasteiger partial charge in [0.2, 0.25) is 0 Å². The number of aliphatic hydroxyl groups is 8.